The molecule has 1 saturated heterocycles. The molecular formula is C13H21N3O. The molecule has 4 heteroatoms. The monoisotopic (exact) mass is 235 g/mol. The van der Waals surface area contributed by atoms with Gasteiger partial charge in [0.25, 0.3) is 0 Å². The van der Waals surface area contributed by atoms with Gasteiger partial charge in [0, 0.05) is 19.7 Å². The maximum Gasteiger partial charge on any atom is 0.128 e. The van der Waals surface area contributed by atoms with Crippen LogP contribution in [0.4, 0.5) is 11.5 Å². The molecule has 0 aromatic carbocycles. The zero-order valence-electron chi connectivity index (χ0n) is 10.6. The molecule has 4 nitrogen and oxygen atoms in total. The molecule has 2 heterocycles. The van der Waals surface area contributed by atoms with Crippen molar-refractivity contribution in [3.63, 3.8) is 0 Å². The van der Waals surface area contributed by atoms with Crippen LogP contribution in [0.2, 0.25) is 0 Å². The molecule has 1 aliphatic heterocycles. The Labute approximate surface area is 103 Å². The number of hydrogen-bond acceptors (Lipinski definition) is 4. The molecule has 0 saturated carbocycles. The Hall–Kier alpha value is -1.29. The van der Waals surface area contributed by atoms with Crippen LogP contribution >= 0.6 is 0 Å². The van der Waals surface area contributed by atoms with Gasteiger partial charge in [-0.25, -0.2) is 4.98 Å². The fourth-order valence-electron chi connectivity index (χ4n) is 2.09. The Morgan fingerprint density at radius 3 is 2.76 bits per heavy atom. The van der Waals surface area contributed by atoms with Gasteiger partial charge in [-0.1, -0.05) is 0 Å². The summed E-state index contributed by atoms with van der Waals surface area (Å²) in [6.45, 7) is 7.94. The average Bonchev–Trinajstić information content (AvgIpc) is 2.86. The Kier molecular flexibility index (Phi) is 4.20. The Morgan fingerprint density at radius 2 is 2.24 bits per heavy atom. The fourth-order valence-corrected chi connectivity index (χ4v) is 2.09. The lowest BCUT2D eigenvalue weighted by atomic mass is 10.2. The van der Waals surface area contributed by atoms with Crippen molar-refractivity contribution in [1.82, 2.24) is 4.98 Å². The van der Waals surface area contributed by atoms with Gasteiger partial charge in [-0.05, 0) is 32.4 Å². The summed E-state index contributed by atoms with van der Waals surface area (Å²) in [6.07, 6.45) is 2.99. The number of rotatable bonds is 5. The summed E-state index contributed by atoms with van der Waals surface area (Å²) in [5.41, 5.74) is 1.08. The minimum absolute atomic E-state index is 0.441. The lowest BCUT2D eigenvalue weighted by Gasteiger charge is -2.20. The van der Waals surface area contributed by atoms with Crippen molar-refractivity contribution < 1.29 is 4.74 Å². The van der Waals surface area contributed by atoms with E-state index in [1.54, 1.807) is 0 Å². The van der Waals surface area contributed by atoms with Crippen molar-refractivity contribution in [2.45, 2.75) is 26.3 Å². The van der Waals surface area contributed by atoms with Gasteiger partial charge in [0.2, 0.25) is 0 Å². The Bertz CT molecular complexity index is 329. The van der Waals surface area contributed by atoms with Crippen LogP contribution < -0.4 is 10.2 Å². The van der Waals surface area contributed by atoms with Crippen LogP contribution in [-0.4, -0.2) is 37.3 Å². The third-order valence-corrected chi connectivity index (χ3v) is 3.14. The molecule has 1 unspecified atom stereocenters. The van der Waals surface area contributed by atoms with E-state index in [-0.39, 0.29) is 0 Å². The number of anilines is 2. The van der Waals surface area contributed by atoms with Crippen molar-refractivity contribution in [3.8, 4) is 0 Å². The van der Waals surface area contributed by atoms with Crippen LogP contribution in [-0.2, 0) is 4.74 Å². The summed E-state index contributed by atoms with van der Waals surface area (Å²) < 4.78 is 5.33. The van der Waals surface area contributed by atoms with E-state index in [4.69, 9.17) is 4.74 Å². The SMILES string of the molecule is CCN(CC)c1ccc(NC2CCOC2)cn1. The second-order valence-electron chi connectivity index (χ2n) is 4.28. The maximum absolute atomic E-state index is 5.33. The van der Waals surface area contributed by atoms with E-state index in [9.17, 15) is 0 Å². The van der Waals surface area contributed by atoms with Gasteiger partial charge in [0.1, 0.15) is 5.82 Å². The molecule has 1 aromatic heterocycles. The molecule has 1 fully saturated rings. The van der Waals surface area contributed by atoms with E-state index in [2.05, 4.69) is 41.2 Å². The average molecular weight is 235 g/mol. The second-order valence-corrected chi connectivity index (χ2v) is 4.28. The van der Waals surface area contributed by atoms with Gasteiger partial charge in [-0.3, -0.25) is 0 Å². The summed E-state index contributed by atoms with van der Waals surface area (Å²) in [5.74, 6) is 1.04. The number of hydrogen-bond donors (Lipinski definition) is 1. The molecule has 0 aliphatic carbocycles. The first-order valence-electron chi connectivity index (χ1n) is 6.38. The molecule has 1 atom stereocenters. The Morgan fingerprint density at radius 1 is 1.41 bits per heavy atom. The third kappa shape index (κ3) is 3.09. The predicted molar refractivity (Wildman–Crippen MR) is 70.6 cm³/mol. The first-order valence-corrected chi connectivity index (χ1v) is 6.38. The van der Waals surface area contributed by atoms with E-state index in [0.717, 1.165) is 44.2 Å². The molecule has 0 amide bonds. The molecule has 0 radical (unpaired) electrons. The highest BCUT2D eigenvalue weighted by Gasteiger charge is 2.15. The molecule has 17 heavy (non-hydrogen) atoms. The summed E-state index contributed by atoms with van der Waals surface area (Å²) >= 11 is 0. The van der Waals surface area contributed by atoms with Crippen LogP contribution in [0, 0.1) is 0 Å². The van der Waals surface area contributed by atoms with Gasteiger partial charge in [0.15, 0.2) is 0 Å². The number of nitrogens with one attached hydrogen (secondary N) is 1. The van der Waals surface area contributed by atoms with Crippen LogP contribution in [0.5, 0.6) is 0 Å². The zero-order chi connectivity index (χ0) is 12.1. The summed E-state index contributed by atoms with van der Waals surface area (Å²) in [5, 5.41) is 3.44. The quantitative estimate of drug-likeness (QED) is 0.848. The van der Waals surface area contributed by atoms with E-state index in [0.29, 0.717) is 6.04 Å². The van der Waals surface area contributed by atoms with E-state index >= 15 is 0 Å². The second kappa shape index (κ2) is 5.87. The molecule has 1 aliphatic rings. The maximum atomic E-state index is 5.33. The number of ether oxygens (including phenoxy) is 1. The van der Waals surface area contributed by atoms with Crippen molar-refractivity contribution in [2.24, 2.45) is 0 Å². The number of aromatic nitrogens is 1. The van der Waals surface area contributed by atoms with Crippen molar-refractivity contribution >= 4 is 11.5 Å². The van der Waals surface area contributed by atoms with Crippen molar-refractivity contribution in [3.05, 3.63) is 18.3 Å². The highest BCUT2D eigenvalue weighted by Crippen LogP contribution is 2.16. The molecule has 1 aromatic rings. The van der Waals surface area contributed by atoms with Crippen LogP contribution in [0.25, 0.3) is 0 Å². The lowest BCUT2D eigenvalue weighted by Crippen LogP contribution is -2.23. The van der Waals surface area contributed by atoms with Crippen LogP contribution in [0.15, 0.2) is 18.3 Å². The fraction of sp³-hybridized carbons (Fsp3) is 0.615. The van der Waals surface area contributed by atoms with Crippen molar-refractivity contribution in [1.29, 1.82) is 0 Å². The van der Waals surface area contributed by atoms with Gasteiger partial charge >= 0.3 is 0 Å². The first-order chi connectivity index (χ1) is 8.33. The normalized spacial score (nSPS) is 19.3. The highest BCUT2D eigenvalue weighted by atomic mass is 16.5. The topological polar surface area (TPSA) is 37.4 Å². The van der Waals surface area contributed by atoms with E-state index in [1.165, 1.54) is 0 Å². The molecular weight excluding hydrogens is 214 g/mol. The van der Waals surface area contributed by atoms with Gasteiger partial charge < -0.3 is 15.0 Å². The zero-order valence-corrected chi connectivity index (χ0v) is 10.6. The largest absolute Gasteiger partial charge is 0.379 e. The Balaban J connectivity index is 1.96. The number of pyridine rings is 1. The van der Waals surface area contributed by atoms with Crippen LogP contribution in [0.3, 0.4) is 0 Å². The molecule has 94 valence electrons. The van der Waals surface area contributed by atoms with E-state index in [1.807, 2.05) is 6.20 Å². The molecule has 0 bridgehead atoms. The smallest absolute Gasteiger partial charge is 0.128 e. The van der Waals surface area contributed by atoms with Crippen LogP contribution in [0.1, 0.15) is 20.3 Å². The van der Waals surface area contributed by atoms with Gasteiger partial charge in [-0.15, -0.1) is 0 Å². The van der Waals surface area contributed by atoms with Gasteiger partial charge in [-0.2, -0.15) is 0 Å². The van der Waals surface area contributed by atoms with E-state index < -0.39 is 0 Å². The van der Waals surface area contributed by atoms with Gasteiger partial charge in [0.05, 0.1) is 24.5 Å². The minimum Gasteiger partial charge on any atom is -0.379 e. The highest BCUT2D eigenvalue weighted by molar-refractivity contribution is 5.49. The summed E-state index contributed by atoms with van der Waals surface area (Å²) in [6, 6.07) is 4.61. The molecule has 2 rings (SSSR count). The predicted octanol–water partition coefficient (Wildman–Crippen LogP) is 2.13. The first kappa shape index (κ1) is 12.2. The standard InChI is InChI=1S/C13H21N3O/c1-3-16(4-2)13-6-5-11(9-14-13)15-12-7-8-17-10-12/h5-6,9,12,15H,3-4,7-8,10H2,1-2H3. The minimum atomic E-state index is 0.441. The van der Waals surface area contributed by atoms with Crippen molar-refractivity contribution in [2.75, 3.05) is 36.5 Å². The molecule has 1 N–H and O–H groups in total. The summed E-state index contributed by atoms with van der Waals surface area (Å²) in [7, 11) is 0. The lowest BCUT2D eigenvalue weighted by molar-refractivity contribution is 0.195. The third-order valence-electron chi connectivity index (χ3n) is 3.14. The number of nitrogens with zero attached hydrogens (tertiary/aromatic N) is 2. The molecule has 0 spiro atoms. The summed E-state index contributed by atoms with van der Waals surface area (Å²) in [4.78, 5) is 6.72.